The molecule has 1 fully saturated rings. The molecule has 4 aromatic rings. The van der Waals surface area contributed by atoms with Crippen LogP contribution < -0.4 is 5.32 Å². The number of benzene rings is 4. The number of carbonyl (C=O) groups is 1. The predicted octanol–water partition coefficient (Wildman–Crippen LogP) is 7.75. The van der Waals surface area contributed by atoms with Gasteiger partial charge in [0.15, 0.2) is 5.17 Å². The summed E-state index contributed by atoms with van der Waals surface area (Å²) in [6.07, 6.45) is 0. The van der Waals surface area contributed by atoms with Crippen LogP contribution in [-0.4, -0.2) is 34.5 Å². The lowest BCUT2D eigenvalue weighted by molar-refractivity contribution is -0.122. The summed E-state index contributed by atoms with van der Waals surface area (Å²) < 4.78 is 0. The molecule has 0 bridgehead atoms. The van der Waals surface area contributed by atoms with Gasteiger partial charge in [-0.05, 0) is 64.9 Å². The van der Waals surface area contributed by atoms with Crippen LogP contribution in [0, 0.1) is 11.3 Å². The maximum Gasteiger partial charge on any atom is 0.269 e. The molecule has 0 atom stereocenters. The molecular weight excluding hydrogens is 547 g/mol. The van der Waals surface area contributed by atoms with Gasteiger partial charge in [0, 0.05) is 19.0 Å². The molecule has 0 radical (unpaired) electrons. The molecule has 6 nitrogen and oxygen atoms in total. The summed E-state index contributed by atoms with van der Waals surface area (Å²) in [5, 5.41) is 18.8. The number of nitriles is 1. The minimum Gasteiger partial charge on any atom is -0.384 e. The topological polar surface area (TPSA) is 71.7 Å². The van der Waals surface area contributed by atoms with E-state index in [1.165, 1.54) is 22.5 Å². The first-order chi connectivity index (χ1) is 20.1. The van der Waals surface area contributed by atoms with Gasteiger partial charge < -0.3 is 10.2 Å². The highest BCUT2D eigenvalue weighted by Gasteiger charge is 2.38. The summed E-state index contributed by atoms with van der Waals surface area (Å²) in [6.45, 7) is 3.13. The SMILES string of the molecule is CCNc1ccc(C#N)cc1N=C1S/C(=C2\SC=C(c3ccc4ccccc4c3)N2C)C(=O)N1Cc1ccccc1. The van der Waals surface area contributed by atoms with Crippen LogP contribution in [-0.2, 0) is 11.3 Å². The molecule has 0 aromatic heterocycles. The zero-order valence-electron chi connectivity index (χ0n) is 22.7. The summed E-state index contributed by atoms with van der Waals surface area (Å²) >= 11 is 2.94. The molecule has 2 aliphatic rings. The number of rotatable bonds is 6. The van der Waals surface area contributed by atoms with Crippen LogP contribution in [0.1, 0.15) is 23.6 Å². The van der Waals surface area contributed by atoms with Gasteiger partial charge in [-0.25, -0.2) is 4.99 Å². The predicted molar refractivity (Wildman–Crippen MR) is 171 cm³/mol. The third-order valence-electron chi connectivity index (χ3n) is 6.94. The van der Waals surface area contributed by atoms with Gasteiger partial charge in [0.2, 0.25) is 0 Å². The molecule has 1 N–H and O–H groups in total. The Morgan fingerprint density at radius 2 is 1.73 bits per heavy atom. The molecule has 8 heteroatoms. The monoisotopic (exact) mass is 573 g/mol. The zero-order chi connectivity index (χ0) is 28.3. The lowest BCUT2D eigenvalue weighted by atomic mass is 10.1. The number of hydrogen-bond acceptors (Lipinski definition) is 7. The fourth-order valence-electron chi connectivity index (χ4n) is 4.86. The Labute approximate surface area is 248 Å². The average Bonchev–Trinajstić information content (AvgIpc) is 3.53. The van der Waals surface area contributed by atoms with Gasteiger partial charge in [-0.3, -0.25) is 9.69 Å². The first-order valence-corrected chi connectivity index (χ1v) is 15.0. The largest absolute Gasteiger partial charge is 0.384 e. The van der Waals surface area contributed by atoms with E-state index >= 15 is 0 Å². The van der Waals surface area contributed by atoms with Gasteiger partial charge in [-0.15, -0.1) is 0 Å². The Hall–Kier alpha value is -4.45. The molecule has 0 saturated carbocycles. The number of thioether (sulfide) groups is 2. The minimum atomic E-state index is -0.0819. The molecule has 1 saturated heterocycles. The summed E-state index contributed by atoms with van der Waals surface area (Å²) in [4.78, 5) is 23.5. The van der Waals surface area contributed by atoms with Crippen LogP contribution in [0.5, 0.6) is 0 Å². The first-order valence-electron chi connectivity index (χ1n) is 13.3. The van der Waals surface area contributed by atoms with Crippen LogP contribution in [0.4, 0.5) is 11.4 Å². The molecule has 0 spiro atoms. The first kappa shape index (κ1) is 26.8. The Kier molecular flexibility index (Phi) is 7.55. The molecule has 4 aromatic carbocycles. The van der Waals surface area contributed by atoms with Crippen LogP contribution >= 0.6 is 23.5 Å². The molecule has 202 valence electrons. The second-order valence-electron chi connectivity index (χ2n) is 9.62. The van der Waals surface area contributed by atoms with Crippen molar-refractivity contribution in [1.82, 2.24) is 9.80 Å². The van der Waals surface area contributed by atoms with Gasteiger partial charge in [0.1, 0.15) is 4.91 Å². The van der Waals surface area contributed by atoms with Crippen molar-refractivity contribution in [2.45, 2.75) is 13.5 Å². The smallest absolute Gasteiger partial charge is 0.269 e. The molecular formula is C33H27N5OS2. The van der Waals surface area contributed by atoms with E-state index in [1.807, 2.05) is 62.5 Å². The van der Waals surface area contributed by atoms with E-state index in [-0.39, 0.29) is 5.91 Å². The number of carbonyl (C=O) groups excluding carboxylic acids is 1. The van der Waals surface area contributed by atoms with E-state index in [2.05, 4.69) is 52.0 Å². The number of aliphatic imine (C=N–C) groups is 1. The third kappa shape index (κ3) is 5.34. The minimum absolute atomic E-state index is 0.0819. The maximum absolute atomic E-state index is 14.0. The van der Waals surface area contributed by atoms with E-state index in [1.54, 1.807) is 28.8 Å². The quantitative estimate of drug-likeness (QED) is 0.238. The highest BCUT2D eigenvalue weighted by atomic mass is 32.2. The number of amides is 1. The van der Waals surface area contributed by atoms with E-state index in [0.717, 1.165) is 27.5 Å². The van der Waals surface area contributed by atoms with Crippen LogP contribution in [0.25, 0.3) is 16.5 Å². The molecule has 1 amide bonds. The van der Waals surface area contributed by atoms with Crippen molar-refractivity contribution in [1.29, 1.82) is 5.26 Å². The Morgan fingerprint density at radius 1 is 0.951 bits per heavy atom. The van der Waals surface area contributed by atoms with Crippen LogP contribution in [0.2, 0.25) is 0 Å². The lowest BCUT2D eigenvalue weighted by Gasteiger charge is -2.19. The van der Waals surface area contributed by atoms with Gasteiger partial charge in [-0.1, -0.05) is 78.5 Å². The molecule has 0 unspecified atom stereocenters. The average molecular weight is 574 g/mol. The molecule has 2 heterocycles. The number of hydrogen-bond donors (Lipinski definition) is 1. The van der Waals surface area contributed by atoms with Crippen molar-refractivity contribution in [3.05, 3.63) is 123 Å². The summed E-state index contributed by atoms with van der Waals surface area (Å²) in [5.74, 6) is -0.0819. The normalized spacial score (nSPS) is 17.8. The van der Waals surface area contributed by atoms with E-state index in [9.17, 15) is 10.1 Å². The van der Waals surface area contributed by atoms with Crippen molar-refractivity contribution in [3.8, 4) is 6.07 Å². The summed E-state index contributed by atoms with van der Waals surface area (Å²) in [6, 6.07) is 32.3. The zero-order valence-corrected chi connectivity index (χ0v) is 24.3. The van der Waals surface area contributed by atoms with E-state index in [0.29, 0.717) is 34.4 Å². The maximum atomic E-state index is 14.0. The van der Waals surface area contributed by atoms with Crippen LogP contribution in [0.3, 0.4) is 0 Å². The highest BCUT2D eigenvalue weighted by Crippen LogP contribution is 2.46. The summed E-state index contributed by atoms with van der Waals surface area (Å²) in [5.41, 5.74) is 5.13. The second kappa shape index (κ2) is 11.6. The van der Waals surface area contributed by atoms with Crippen molar-refractivity contribution in [2.75, 3.05) is 18.9 Å². The fraction of sp³-hybridized carbons (Fsp3) is 0.121. The lowest BCUT2D eigenvalue weighted by Crippen LogP contribution is -2.29. The standard InChI is InChI=1S/C33H27N5OS2/c1-3-35-27-16-13-23(19-34)17-28(27)36-33-38(20-22-9-5-4-6-10-22)31(39)30(41-33)32-37(2)29(21-40-32)26-15-14-24-11-7-8-12-25(24)18-26/h4-18,21,35H,3,20H2,1-2H3/b32-30-,36-33?. The molecule has 6 rings (SSSR count). The Balaban J connectivity index is 1.38. The van der Waals surface area contributed by atoms with Gasteiger partial charge in [0.25, 0.3) is 5.91 Å². The Morgan fingerprint density at radius 3 is 2.51 bits per heavy atom. The molecule has 2 aliphatic heterocycles. The van der Waals surface area contributed by atoms with Crippen molar-refractivity contribution >= 4 is 62.4 Å². The van der Waals surface area contributed by atoms with Gasteiger partial charge >= 0.3 is 0 Å². The summed E-state index contributed by atoms with van der Waals surface area (Å²) in [7, 11) is 2.01. The molecule has 41 heavy (non-hydrogen) atoms. The number of anilines is 1. The van der Waals surface area contributed by atoms with E-state index in [4.69, 9.17) is 4.99 Å². The third-order valence-corrected chi connectivity index (χ3v) is 9.18. The van der Waals surface area contributed by atoms with Crippen molar-refractivity contribution in [3.63, 3.8) is 0 Å². The van der Waals surface area contributed by atoms with Gasteiger partial charge in [0.05, 0.1) is 40.3 Å². The second-order valence-corrected chi connectivity index (χ2v) is 11.5. The number of nitrogens with one attached hydrogen (secondary N) is 1. The number of amidine groups is 1. The fourth-order valence-corrected chi connectivity index (χ4v) is 7.10. The number of nitrogens with zero attached hydrogens (tertiary/aromatic N) is 4. The molecule has 0 aliphatic carbocycles. The van der Waals surface area contributed by atoms with Crippen molar-refractivity contribution < 1.29 is 4.79 Å². The van der Waals surface area contributed by atoms with Crippen molar-refractivity contribution in [2.24, 2.45) is 4.99 Å². The Bertz CT molecular complexity index is 1790. The number of fused-ring (bicyclic) bond motifs is 1. The highest BCUT2D eigenvalue weighted by molar-refractivity contribution is 8.19. The van der Waals surface area contributed by atoms with Gasteiger partial charge in [-0.2, -0.15) is 5.26 Å². The van der Waals surface area contributed by atoms with Crippen LogP contribution in [0.15, 0.2) is 111 Å². The van der Waals surface area contributed by atoms with E-state index < -0.39 is 0 Å².